The van der Waals surface area contributed by atoms with Crippen molar-refractivity contribution in [3.05, 3.63) is 27.2 Å². The van der Waals surface area contributed by atoms with Gasteiger partial charge >= 0.3 is 5.69 Å². The van der Waals surface area contributed by atoms with Crippen molar-refractivity contribution in [1.82, 2.24) is 19.1 Å². The predicted molar refractivity (Wildman–Crippen MR) is 69.8 cm³/mol. The molecule has 2 aromatic rings. The first-order valence-electron chi connectivity index (χ1n) is 6.37. The van der Waals surface area contributed by atoms with Crippen LogP contribution in [0.4, 0.5) is 0 Å². The van der Waals surface area contributed by atoms with Gasteiger partial charge in [-0.3, -0.25) is 14.3 Å². The normalized spacial score (nSPS) is 11.2. The zero-order valence-electron chi connectivity index (χ0n) is 10.8. The predicted octanol–water partition coefficient (Wildman–Crippen LogP) is 1.10. The van der Waals surface area contributed by atoms with Gasteiger partial charge in [-0.25, -0.2) is 9.78 Å². The lowest BCUT2D eigenvalue weighted by Gasteiger charge is -2.08. The maximum absolute atomic E-state index is 11.7. The van der Waals surface area contributed by atoms with Crippen molar-refractivity contribution in [3.8, 4) is 0 Å². The molecule has 0 aliphatic rings. The van der Waals surface area contributed by atoms with Gasteiger partial charge in [-0.1, -0.05) is 19.8 Å². The Morgan fingerprint density at radius 3 is 2.72 bits per heavy atom. The first kappa shape index (κ1) is 12.6. The lowest BCUT2D eigenvalue weighted by atomic mass is 10.2. The molecule has 0 radical (unpaired) electrons. The molecule has 0 amide bonds. The highest BCUT2D eigenvalue weighted by Gasteiger charge is 2.12. The summed E-state index contributed by atoms with van der Waals surface area (Å²) in [4.78, 5) is 29.8. The van der Waals surface area contributed by atoms with E-state index in [0.29, 0.717) is 17.7 Å². The number of hydrogen-bond acceptors (Lipinski definition) is 3. The Labute approximate surface area is 104 Å². The zero-order valence-corrected chi connectivity index (χ0v) is 10.8. The fourth-order valence-electron chi connectivity index (χ4n) is 2.13. The van der Waals surface area contributed by atoms with Crippen LogP contribution in [0.5, 0.6) is 0 Å². The van der Waals surface area contributed by atoms with Gasteiger partial charge in [-0.15, -0.1) is 0 Å². The number of fused-ring (bicyclic) bond motifs is 1. The number of rotatable bonds is 5. The number of aromatic amines is 1. The van der Waals surface area contributed by atoms with E-state index in [2.05, 4.69) is 16.9 Å². The Morgan fingerprint density at radius 1 is 1.28 bits per heavy atom. The molecule has 1 N–H and O–H groups in total. The highest BCUT2D eigenvalue weighted by atomic mass is 16.2. The first-order valence-corrected chi connectivity index (χ1v) is 6.37. The van der Waals surface area contributed by atoms with E-state index in [4.69, 9.17) is 0 Å². The van der Waals surface area contributed by atoms with Gasteiger partial charge in [-0.2, -0.15) is 0 Å². The molecule has 0 saturated heterocycles. The van der Waals surface area contributed by atoms with E-state index in [1.165, 1.54) is 0 Å². The standard InChI is InChI=1S/C12H18N4O2/c1-3-5-6-7-15-8-13-9-10(17)14-12(18)16(4-2)11(9)15/h8H,3-7H2,1-2H3,(H,14,17,18). The van der Waals surface area contributed by atoms with Gasteiger partial charge in [0.15, 0.2) is 5.52 Å². The smallest absolute Gasteiger partial charge is 0.316 e. The molecule has 2 aromatic heterocycles. The van der Waals surface area contributed by atoms with E-state index in [-0.39, 0.29) is 5.69 Å². The van der Waals surface area contributed by atoms with Crippen molar-refractivity contribution >= 4 is 11.2 Å². The highest BCUT2D eigenvalue weighted by molar-refractivity contribution is 5.69. The Kier molecular flexibility index (Phi) is 3.64. The number of aromatic nitrogens is 4. The third-order valence-corrected chi connectivity index (χ3v) is 3.07. The van der Waals surface area contributed by atoms with Gasteiger partial charge in [0.2, 0.25) is 0 Å². The van der Waals surface area contributed by atoms with Crippen LogP contribution >= 0.6 is 0 Å². The molecule has 0 aliphatic heterocycles. The van der Waals surface area contributed by atoms with Crippen LogP contribution in [0.3, 0.4) is 0 Å². The van der Waals surface area contributed by atoms with Crippen molar-refractivity contribution in [2.45, 2.75) is 46.2 Å². The molecule has 0 unspecified atom stereocenters. The van der Waals surface area contributed by atoms with Crippen molar-refractivity contribution in [2.24, 2.45) is 0 Å². The summed E-state index contributed by atoms with van der Waals surface area (Å²) in [7, 11) is 0. The molecule has 0 bridgehead atoms. The minimum atomic E-state index is -0.408. The Bertz CT molecular complexity index is 650. The van der Waals surface area contributed by atoms with Crippen molar-refractivity contribution in [1.29, 1.82) is 0 Å². The molecule has 0 spiro atoms. The summed E-state index contributed by atoms with van der Waals surface area (Å²) >= 11 is 0. The molecule has 2 heterocycles. The zero-order chi connectivity index (χ0) is 13.1. The third-order valence-electron chi connectivity index (χ3n) is 3.07. The Morgan fingerprint density at radius 2 is 2.06 bits per heavy atom. The second-order valence-corrected chi connectivity index (χ2v) is 4.32. The van der Waals surface area contributed by atoms with Crippen LogP contribution in [0.15, 0.2) is 15.9 Å². The summed E-state index contributed by atoms with van der Waals surface area (Å²) in [5.41, 5.74) is 0.191. The highest BCUT2D eigenvalue weighted by Crippen LogP contribution is 2.08. The average Bonchev–Trinajstić information content (AvgIpc) is 2.75. The van der Waals surface area contributed by atoms with E-state index in [1.807, 2.05) is 11.5 Å². The van der Waals surface area contributed by atoms with Crippen molar-refractivity contribution < 1.29 is 0 Å². The molecule has 2 rings (SSSR count). The number of aryl methyl sites for hydroxylation is 2. The van der Waals surface area contributed by atoms with Crippen LogP contribution in [0.25, 0.3) is 11.2 Å². The monoisotopic (exact) mass is 250 g/mol. The van der Waals surface area contributed by atoms with Gasteiger partial charge in [-0.05, 0) is 13.3 Å². The second-order valence-electron chi connectivity index (χ2n) is 4.32. The van der Waals surface area contributed by atoms with E-state index in [1.54, 1.807) is 10.9 Å². The SMILES string of the molecule is CCCCCn1cnc2c(=O)[nH]c(=O)n(CC)c21. The maximum atomic E-state index is 11.7. The summed E-state index contributed by atoms with van der Waals surface area (Å²) in [6.45, 7) is 5.32. The summed E-state index contributed by atoms with van der Waals surface area (Å²) in [5, 5.41) is 0. The Balaban J connectivity index is 2.55. The van der Waals surface area contributed by atoms with E-state index >= 15 is 0 Å². The minimum absolute atomic E-state index is 0.341. The molecule has 0 atom stereocenters. The van der Waals surface area contributed by atoms with Gasteiger partial charge in [0, 0.05) is 13.1 Å². The number of H-pyrrole nitrogens is 1. The topological polar surface area (TPSA) is 72.7 Å². The van der Waals surface area contributed by atoms with E-state index in [0.717, 1.165) is 25.8 Å². The summed E-state index contributed by atoms with van der Waals surface area (Å²) in [6.07, 6.45) is 4.92. The maximum Gasteiger partial charge on any atom is 0.330 e. The van der Waals surface area contributed by atoms with Gasteiger partial charge in [0.05, 0.1) is 6.33 Å². The largest absolute Gasteiger partial charge is 0.330 e. The number of hydrogen-bond donors (Lipinski definition) is 1. The molecular formula is C12H18N4O2. The number of nitrogens with zero attached hydrogens (tertiary/aromatic N) is 3. The summed E-state index contributed by atoms with van der Waals surface area (Å²) in [5.74, 6) is 0. The first-order chi connectivity index (χ1) is 8.69. The lowest BCUT2D eigenvalue weighted by Crippen LogP contribution is -2.30. The van der Waals surface area contributed by atoms with E-state index in [9.17, 15) is 9.59 Å². The molecule has 6 heteroatoms. The Hall–Kier alpha value is -1.85. The fraction of sp³-hybridized carbons (Fsp3) is 0.583. The van der Waals surface area contributed by atoms with Crippen molar-refractivity contribution in [2.75, 3.05) is 0 Å². The van der Waals surface area contributed by atoms with Crippen LogP contribution in [0.2, 0.25) is 0 Å². The van der Waals surface area contributed by atoms with Crippen LogP contribution in [0, 0.1) is 0 Å². The van der Waals surface area contributed by atoms with Crippen molar-refractivity contribution in [3.63, 3.8) is 0 Å². The van der Waals surface area contributed by atoms with Crippen LogP contribution in [-0.2, 0) is 13.1 Å². The molecule has 0 fully saturated rings. The number of unbranched alkanes of at least 4 members (excludes halogenated alkanes) is 2. The van der Waals surface area contributed by atoms with Crippen LogP contribution in [-0.4, -0.2) is 19.1 Å². The van der Waals surface area contributed by atoms with Gasteiger partial charge in [0.25, 0.3) is 5.56 Å². The quantitative estimate of drug-likeness (QED) is 0.807. The summed E-state index contributed by atoms with van der Waals surface area (Å²) in [6, 6.07) is 0. The molecular weight excluding hydrogens is 232 g/mol. The van der Waals surface area contributed by atoms with Crippen LogP contribution in [0.1, 0.15) is 33.1 Å². The second kappa shape index (κ2) is 5.20. The third kappa shape index (κ3) is 2.10. The summed E-state index contributed by atoms with van der Waals surface area (Å²) < 4.78 is 3.45. The molecule has 0 saturated carbocycles. The molecule has 6 nitrogen and oxygen atoms in total. The van der Waals surface area contributed by atoms with Gasteiger partial charge < -0.3 is 4.57 Å². The lowest BCUT2D eigenvalue weighted by molar-refractivity contribution is 0.594. The van der Waals surface area contributed by atoms with Crippen LogP contribution < -0.4 is 11.2 Å². The average molecular weight is 250 g/mol. The fourth-order valence-corrected chi connectivity index (χ4v) is 2.13. The van der Waals surface area contributed by atoms with Gasteiger partial charge in [0.1, 0.15) is 5.65 Å². The molecule has 18 heavy (non-hydrogen) atoms. The number of nitrogens with one attached hydrogen (secondary N) is 1. The molecule has 0 aliphatic carbocycles. The molecule has 98 valence electrons. The number of imidazole rings is 1. The minimum Gasteiger partial charge on any atom is -0.316 e. The molecule has 0 aromatic carbocycles. The van der Waals surface area contributed by atoms with E-state index < -0.39 is 5.56 Å².